The summed E-state index contributed by atoms with van der Waals surface area (Å²) >= 11 is 0. The van der Waals surface area contributed by atoms with E-state index in [2.05, 4.69) is 20.3 Å². The van der Waals surface area contributed by atoms with E-state index < -0.39 is 18.4 Å². The molecule has 4 heterocycles. The largest absolute Gasteiger partial charge is 0.490 e. The van der Waals surface area contributed by atoms with Gasteiger partial charge in [-0.2, -0.15) is 0 Å². The number of methoxy groups -OCH3 is 2. The zero-order valence-electron chi connectivity index (χ0n) is 15.4. The smallest absolute Gasteiger partial charge is 0.204 e. The normalized spacial score (nSPS) is 21.9. The summed E-state index contributed by atoms with van der Waals surface area (Å²) in [5.41, 5.74) is 1.10. The molecule has 1 fully saturated rings. The predicted molar refractivity (Wildman–Crippen MR) is 96.1 cm³/mol. The maximum atomic E-state index is 9.97. The van der Waals surface area contributed by atoms with Gasteiger partial charge < -0.3 is 34.2 Å². The molecule has 3 aromatic heterocycles. The first kappa shape index (κ1) is 18.5. The highest BCUT2D eigenvalue weighted by molar-refractivity contribution is 5.82. The van der Waals surface area contributed by atoms with Crippen molar-refractivity contribution in [2.75, 3.05) is 26.1 Å². The Morgan fingerprint density at radius 3 is 2.86 bits per heavy atom. The molecule has 0 amide bonds. The van der Waals surface area contributed by atoms with Gasteiger partial charge in [0.2, 0.25) is 5.75 Å². The van der Waals surface area contributed by atoms with E-state index in [-0.39, 0.29) is 6.61 Å². The lowest BCUT2D eigenvalue weighted by molar-refractivity contribution is -0.0432. The Morgan fingerprint density at radius 1 is 1.29 bits per heavy atom. The number of aromatic nitrogens is 4. The monoisotopic (exact) mass is 391 g/mol. The van der Waals surface area contributed by atoms with Gasteiger partial charge in [-0.1, -0.05) is 0 Å². The standard InChI is InChI=1S/C17H21N5O6/c1-25-12-6-27-10(15(12)26-2)4-18-16-14-17(20-7-19-16)22(8-21-14)13-3-9(24)11(5-23)28-13/h6-9,11,13,23-24H,3-5H2,1-2H3,(H,18,19,20)/t9-,11+,13?/m0/s1. The Labute approximate surface area is 159 Å². The van der Waals surface area contributed by atoms with Gasteiger partial charge in [-0.15, -0.1) is 0 Å². The van der Waals surface area contributed by atoms with E-state index in [0.717, 1.165) is 0 Å². The maximum Gasteiger partial charge on any atom is 0.204 e. The van der Waals surface area contributed by atoms with Crippen molar-refractivity contribution in [1.29, 1.82) is 0 Å². The second kappa shape index (κ2) is 7.62. The molecule has 3 atom stereocenters. The molecule has 0 spiro atoms. The Morgan fingerprint density at radius 2 is 2.14 bits per heavy atom. The molecular weight excluding hydrogens is 370 g/mol. The lowest BCUT2D eigenvalue weighted by atomic mass is 10.2. The number of aliphatic hydroxyl groups excluding tert-OH is 2. The average molecular weight is 391 g/mol. The molecular formula is C17H21N5O6. The van der Waals surface area contributed by atoms with Crippen LogP contribution in [0.2, 0.25) is 0 Å². The fourth-order valence-electron chi connectivity index (χ4n) is 3.25. The van der Waals surface area contributed by atoms with Gasteiger partial charge in [-0.25, -0.2) is 15.0 Å². The number of fused-ring (bicyclic) bond motifs is 1. The fourth-order valence-corrected chi connectivity index (χ4v) is 3.25. The van der Waals surface area contributed by atoms with Crippen LogP contribution >= 0.6 is 0 Å². The number of furan rings is 1. The van der Waals surface area contributed by atoms with Crippen molar-refractivity contribution >= 4 is 17.0 Å². The predicted octanol–water partition coefficient (Wildman–Crippen LogP) is 0.689. The molecule has 1 saturated heterocycles. The van der Waals surface area contributed by atoms with Gasteiger partial charge in [0.15, 0.2) is 28.5 Å². The number of ether oxygens (including phenoxy) is 3. The van der Waals surface area contributed by atoms with Gasteiger partial charge in [0.1, 0.15) is 24.9 Å². The zero-order valence-corrected chi connectivity index (χ0v) is 15.4. The minimum Gasteiger partial charge on any atom is -0.490 e. The molecule has 28 heavy (non-hydrogen) atoms. The molecule has 1 unspecified atom stereocenters. The molecule has 150 valence electrons. The highest BCUT2D eigenvalue weighted by Crippen LogP contribution is 2.34. The summed E-state index contributed by atoms with van der Waals surface area (Å²) in [7, 11) is 3.08. The highest BCUT2D eigenvalue weighted by Gasteiger charge is 2.35. The van der Waals surface area contributed by atoms with E-state index in [1.165, 1.54) is 26.8 Å². The molecule has 11 heteroatoms. The second-order valence-electron chi connectivity index (χ2n) is 6.28. The minimum absolute atomic E-state index is 0.249. The minimum atomic E-state index is -0.742. The summed E-state index contributed by atoms with van der Waals surface area (Å²) in [4.78, 5) is 12.9. The summed E-state index contributed by atoms with van der Waals surface area (Å²) in [6, 6.07) is 0. The van der Waals surface area contributed by atoms with Crippen molar-refractivity contribution in [2.45, 2.75) is 31.4 Å². The van der Waals surface area contributed by atoms with Crippen molar-refractivity contribution in [3.63, 3.8) is 0 Å². The molecule has 4 rings (SSSR count). The summed E-state index contributed by atoms with van der Waals surface area (Å²) in [6.45, 7) is 0.0528. The summed E-state index contributed by atoms with van der Waals surface area (Å²) in [5.74, 6) is 2.08. The van der Waals surface area contributed by atoms with E-state index in [1.807, 2.05) is 0 Å². The van der Waals surface area contributed by atoms with Crippen molar-refractivity contribution in [3.05, 3.63) is 24.7 Å². The van der Waals surface area contributed by atoms with Crippen molar-refractivity contribution in [3.8, 4) is 11.5 Å². The van der Waals surface area contributed by atoms with Crippen LogP contribution in [0.15, 0.2) is 23.3 Å². The third-order valence-corrected chi connectivity index (χ3v) is 4.68. The number of imidazole rings is 1. The van der Waals surface area contributed by atoms with E-state index in [1.54, 1.807) is 10.9 Å². The number of hydrogen-bond acceptors (Lipinski definition) is 10. The molecule has 1 aliphatic rings. The molecule has 3 N–H and O–H groups in total. The van der Waals surface area contributed by atoms with Gasteiger partial charge in [0.25, 0.3) is 0 Å². The van der Waals surface area contributed by atoms with Gasteiger partial charge >= 0.3 is 0 Å². The van der Waals surface area contributed by atoms with Crippen LogP contribution in [0.4, 0.5) is 5.82 Å². The van der Waals surface area contributed by atoms with Gasteiger partial charge in [-0.05, 0) is 0 Å². The van der Waals surface area contributed by atoms with Crippen molar-refractivity contribution in [2.24, 2.45) is 0 Å². The van der Waals surface area contributed by atoms with Gasteiger partial charge in [-0.3, -0.25) is 4.57 Å². The maximum absolute atomic E-state index is 9.97. The van der Waals surface area contributed by atoms with E-state index in [0.29, 0.717) is 47.2 Å². The Kier molecular flexibility index (Phi) is 5.03. The van der Waals surface area contributed by atoms with Crippen LogP contribution < -0.4 is 14.8 Å². The lowest BCUT2D eigenvalue weighted by Crippen LogP contribution is -2.24. The molecule has 0 aliphatic carbocycles. The van der Waals surface area contributed by atoms with Crippen LogP contribution in [-0.4, -0.2) is 62.8 Å². The van der Waals surface area contributed by atoms with Crippen LogP contribution in [0.3, 0.4) is 0 Å². The first-order valence-corrected chi connectivity index (χ1v) is 8.70. The number of rotatable bonds is 7. The summed E-state index contributed by atoms with van der Waals surface area (Å²) < 4.78 is 23.4. The van der Waals surface area contributed by atoms with Crippen molar-refractivity contribution < 1.29 is 28.8 Å². The number of anilines is 1. The van der Waals surface area contributed by atoms with E-state index in [4.69, 9.17) is 18.6 Å². The molecule has 0 aromatic carbocycles. The van der Waals surface area contributed by atoms with Crippen LogP contribution in [0.25, 0.3) is 11.2 Å². The van der Waals surface area contributed by atoms with E-state index in [9.17, 15) is 10.2 Å². The average Bonchev–Trinajstić information content (AvgIpc) is 3.41. The SMILES string of the molecule is COc1coc(CNc2ncnc3c2ncn3C2C[C@H](O)[C@@H](CO)O2)c1OC. The fraction of sp³-hybridized carbons (Fsp3) is 0.471. The Bertz CT molecular complexity index is 957. The summed E-state index contributed by atoms with van der Waals surface area (Å²) in [6.07, 6.45) is 2.98. The molecule has 11 nitrogen and oxygen atoms in total. The lowest BCUT2D eigenvalue weighted by Gasteiger charge is -2.13. The zero-order chi connectivity index (χ0) is 19.7. The molecule has 3 aromatic rings. The first-order valence-electron chi connectivity index (χ1n) is 8.70. The first-order chi connectivity index (χ1) is 13.7. The van der Waals surface area contributed by atoms with Crippen LogP contribution in [0.1, 0.15) is 18.4 Å². The topological polar surface area (TPSA) is 137 Å². The van der Waals surface area contributed by atoms with Crippen LogP contribution in [0, 0.1) is 0 Å². The highest BCUT2D eigenvalue weighted by atomic mass is 16.5. The number of hydrogen-bond donors (Lipinski definition) is 3. The summed E-state index contributed by atoms with van der Waals surface area (Å²) in [5, 5.41) is 22.4. The van der Waals surface area contributed by atoms with E-state index >= 15 is 0 Å². The Hall–Kier alpha value is -2.89. The van der Waals surface area contributed by atoms with Crippen LogP contribution in [-0.2, 0) is 11.3 Å². The number of aliphatic hydroxyl groups is 2. The number of nitrogens with zero attached hydrogens (tertiary/aromatic N) is 4. The molecule has 0 bridgehead atoms. The third kappa shape index (κ3) is 3.13. The molecule has 0 saturated carbocycles. The molecule has 1 aliphatic heterocycles. The van der Waals surface area contributed by atoms with Crippen LogP contribution in [0.5, 0.6) is 11.5 Å². The Balaban J connectivity index is 1.57. The van der Waals surface area contributed by atoms with Gasteiger partial charge in [0, 0.05) is 6.42 Å². The second-order valence-corrected chi connectivity index (χ2v) is 6.28. The third-order valence-electron chi connectivity index (χ3n) is 4.68. The van der Waals surface area contributed by atoms with Gasteiger partial charge in [0.05, 0.1) is 39.8 Å². The molecule has 0 radical (unpaired) electrons. The number of nitrogens with one attached hydrogen (secondary N) is 1. The van der Waals surface area contributed by atoms with Crippen molar-refractivity contribution in [1.82, 2.24) is 19.5 Å². The quantitative estimate of drug-likeness (QED) is 0.527.